The summed E-state index contributed by atoms with van der Waals surface area (Å²) in [5, 5.41) is 0. The lowest BCUT2D eigenvalue weighted by Crippen LogP contribution is -2.18. The van der Waals surface area contributed by atoms with Crippen LogP contribution in [0.5, 0.6) is 0 Å². The summed E-state index contributed by atoms with van der Waals surface area (Å²) in [5.74, 6) is 2.39. The first-order chi connectivity index (χ1) is 8.52. The zero-order valence-corrected chi connectivity index (χ0v) is 12.9. The molecule has 18 heavy (non-hydrogen) atoms. The fourth-order valence-electron chi connectivity index (χ4n) is 2.76. The number of aromatic amines is 1. The monoisotopic (exact) mass is 312 g/mol. The predicted octanol–water partition coefficient (Wildman–Crippen LogP) is 3.95. The number of nitrogens with zero attached hydrogens (tertiary/aromatic N) is 1. The highest BCUT2D eigenvalue weighted by atomic mass is 79.9. The first-order valence-corrected chi connectivity index (χ1v) is 7.61. The molecule has 0 aliphatic heterocycles. The van der Waals surface area contributed by atoms with Crippen LogP contribution in [-0.4, -0.2) is 9.97 Å². The highest BCUT2D eigenvalue weighted by Crippen LogP contribution is 2.38. The predicted molar refractivity (Wildman–Crippen MR) is 77.0 cm³/mol. The van der Waals surface area contributed by atoms with Crippen LogP contribution in [-0.2, 0) is 0 Å². The van der Waals surface area contributed by atoms with Crippen LogP contribution >= 0.6 is 15.9 Å². The molecule has 0 radical (unpaired) electrons. The Morgan fingerprint density at radius 2 is 2.17 bits per heavy atom. The largest absolute Gasteiger partial charge is 0.309 e. The van der Waals surface area contributed by atoms with Gasteiger partial charge in [0.25, 0.3) is 5.56 Å². The van der Waals surface area contributed by atoms with E-state index in [1.807, 2.05) is 0 Å². The molecular weight excluding hydrogens is 292 g/mol. The Bertz CT molecular complexity index is 481. The summed E-state index contributed by atoms with van der Waals surface area (Å²) in [6.07, 6.45) is 4.81. The molecule has 4 heteroatoms. The Labute approximate surface area is 117 Å². The van der Waals surface area contributed by atoms with E-state index in [9.17, 15) is 4.79 Å². The second-order valence-corrected chi connectivity index (χ2v) is 6.38. The Morgan fingerprint density at radius 1 is 1.44 bits per heavy atom. The minimum Gasteiger partial charge on any atom is -0.309 e. The fourth-order valence-corrected chi connectivity index (χ4v) is 3.41. The highest BCUT2D eigenvalue weighted by molar-refractivity contribution is 9.10. The smallest absolute Gasteiger partial charge is 0.265 e. The van der Waals surface area contributed by atoms with Gasteiger partial charge in [-0.3, -0.25) is 4.79 Å². The standard InChI is InChI=1S/C14H21BrN2O/c1-4-9-5-6-10(7-9)13-16-12(8(2)3)11(15)14(18)17-13/h8-10H,4-7H2,1-3H3,(H,16,17,18). The lowest BCUT2D eigenvalue weighted by Gasteiger charge is -2.13. The van der Waals surface area contributed by atoms with E-state index < -0.39 is 0 Å². The zero-order chi connectivity index (χ0) is 13.3. The third kappa shape index (κ3) is 2.68. The summed E-state index contributed by atoms with van der Waals surface area (Å²) >= 11 is 3.34. The number of nitrogens with one attached hydrogen (secondary N) is 1. The van der Waals surface area contributed by atoms with E-state index in [0.29, 0.717) is 10.4 Å². The molecule has 0 saturated heterocycles. The lowest BCUT2D eigenvalue weighted by molar-refractivity contribution is 0.515. The van der Waals surface area contributed by atoms with E-state index in [1.165, 1.54) is 19.3 Å². The van der Waals surface area contributed by atoms with Gasteiger partial charge in [-0.2, -0.15) is 0 Å². The van der Waals surface area contributed by atoms with Crippen LogP contribution < -0.4 is 5.56 Å². The Kier molecular flexibility index (Phi) is 4.25. The van der Waals surface area contributed by atoms with Crippen LogP contribution in [0.1, 0.15) is 69.8 Å². The molecule has 0 amide bonds. The Hall–Kier alpha value is -0.640. The van der Waals surface area contributed by atoms with Crippen LogP contribution in [0.4, 0.5) is 0 Å². The third-order valence-electron chi connectivity index (χ3n) is 3.96. The van der Waals surface area contributed by atoms with Crippen LogP contribution in [0.15, 0.2) is 9.27 Å². The van der Waals surface area contributed by atoms with Crippen LogP contribution in [0, 0.1) is 5.92 Å². The second-order valence-electron chi connectivity index (χ2n) is 5.59. The summed E-state index contributed by atoms with van der Waals surface area (Å²) in [4.78, 5) is 19.6. The van der Waals surface area contributed by atoms with Gasteiger partial charge in [-0.15, -0.1) is 0 Å². The molecule has 0 aromatic carbocycles. The van der Waals surface area contributed by atoms with Crippen LogP contribution in [0.25, 0.3) is 0 Å². The molecule has 1 aromatic rings. The third-order valence-corrected chi connectivity index (χ3v) is 4.73. The Balaban J connectivity index is 2.32. The van der Waals surface area contributed by atoms with Crippen molar-refractivity contribution >= 4 is 15.9 Å². The maximum Gasteiger partial charge on any atom is 0.265 e. The van der Waals surface area contributed by atoms with Gasteiger partial charge in [0.15, 0.2) is 0 Å². The molecule has 1 heterocycles. The molecule has 1 fully saturated rings. The summed E-state index contributed by atoms with van der Waals surface area (Å²) in [6, 6.07) is 0. The van der Waals surface area contributed by atoms with E-state index in [0.717, 1.165) is 23.9 Å². The molecule has 2 unspecified atom stereocenters. The molecule has 0 spiro atoms. The molecule has 2 atom stereocenters. The molecule has 1 aromatic heterocycles. The zero-order valence-electron chi connectivity index (χ0n) is 11.3. The van der Waals surface area contributed by atoms with Crippen LogP contribution in [0.3, 0.4) is 0 Å². The number of hydrogen-bond donors (Lipinski definition) is 1. The summed E-state index contributed by atoms with van der Waals surface area (Å²) in [7, 11) is 0. The van der Waals surface area contributed by atoms with Gasteiger partial charge in [0.05, 0.1) is 5.69 Å². The van der Waals surface area contributed by atoms with Crippen molar-refractivity contribution in [2.45, 2.75) is 58.3 Å². The summed E-state index contributed by atoms with van der Waals surface area (Å²) < 4.78 is 0.589. The normalized spacial score (nSPS) is 23.8. The number of H-pyrrole nitrogens is 1. The van der Waals surface area contributed by atoms with E-state index >= 15 is 0 Å². The molecule has 1 aliphatic carbocycles. The van der Waals surface area contributed by atoms with E-state index in [-0.39, 0.29) is 11.5 Å². The van der Waals surface area contributed by atoms with Crippen molar-refractivity contribution in [3.8, 4) is 0 Å². The van der Waals surface area contributed by atoms with Crippen molar-refractivity contribution in [3.63, 3.8) is 0 Å². The van der Waals surface area contributed by atoms with Gasteiger partial charge in [-0.1, -0.05) is 27.2 Å². The highest BCUT2D eigenvalue weighted by Gasteiger charge is 2.27. The minimum atomic E-state index is -0.0383. The van der Waals surface area contributed by atoms with E-state index in [2.05, 4.69) is 46.7 Å². The van der Waals surface area contributed by atoms with Gasteiger partial charge in [-0.25, -0.2) is 4.98 Å². The second kappa shape index (κ2) is 5.55. The minimum absolute atomic E-state index is 0.0383. The number of aromatic nitrogens is 2. The van der Waals surface area contributed by atoms with Gasteiger partial charge in [0, 0.05) is 5.92 Å². The van der Waals surface area contributed by atoms with Gasteiger partial charge >= 0.3 is 0 Å². The maximum atomic E-state index is 11.9. The van der Waals surface area contributed by atoms with Gasteiger partial charge in [0.1, 0.15) is 10.3 Å². The molecular formula is C14H21BrN2O. The van der Waals surface area contributed by atoms with Crippen molar-refractivity contribution in [1.82, 2.24) is 9.97 Å². The lowest BCUT2D eigenvalue weighted by atomic mass is 10.0. The van der Waals surface area contributed by atoms with Gasteiger partial charge in [-0.05, 0) is 47.0 Å². The van der Waals surface area contributed by atoms with Crippen molar-refractivity contribution in [2.24, 2.45) is 5.92 Å². The Morgan fingerprint density at radius 3 is 2.72 bits per heavy atom. The molecule has 0 bridgehead atoms. The number of hydrogen-bond acceptors (Lipinski definition) is 2. The summed E-state index contributed by atoms with van der Waals surface area (Å²) in [5.41, 5.74) is 0.845. The van der Waals surface area contributed by atoms with E-state index in [1.54, 1.807) is 0 Å². The number of halogens is 1. The molecule has 3 nitrogen and oxygen atoms in total. The van der Waals surface area contributed by atoms with Crippen molar-refractivity contribution in [2.75, 3.05) is 0 Å². The molecule has 2 rings (SSSR count). The van der Waals surface area contributed by atoms with Crippen molar-refractivity contribution < 1.29 is 0 Å². The van der Waals surface area contributed by atoms with E-state index in [4.69, 9.17) is 0 Å². The average Bonchev–Trinajstić information content (AvgIpc) is 2.80. The van der Waals surface area contributed by atoms with Crippen LogP contribution in [0.2, 0.25) is 0 Å². The van der Waals surface area contributed by atoms with Crippen molar-refractivity contribution in [1.29, 1.82) is 0 Å². The maximum absolute atomic E-state index is 11.9. The van der Waals surface area contributed by atoms with Gasteiger partial charge < -0.3 is 4.98 Å². The first-order valence-electron chi connectivity index (χ1n) is 6.82. The number of rotatable bonds is 3. The van der Waals surface area contributed by atoms with Crippen molar-refractivity contribution in [3.05, 3.63) is 26.3 Å². The molecule has 1 saturated carbocycles. The summed E-state index contributed by atoms with van der Waals surface area (Å²) in [6.45, 7) is 6.38. The quantitative estimate of drug-likeness (QED) is 0.918. The van der Waals surface area contributed by atoms with Gasteiger partial charge in [0.2, 0.25) is 0 Å². The molecule has 1 aliphatic rings. The molecule has 1 N–H and O–H groups in total. The topological polar surface area (TPSA) is 45.8 Å². The average molecular weight is 313 g/mol. The molecule has 100 valence electrons. The fraction of sp³-hybridized carbons (Fsp3) is 0.714. The first kappa shape index (κ1) is 13.8. The SMILES string of the molecule is CCC1CCC(c2nc(C(C)C)c(Br)c(=O)[nH]2)C1.